The summed E-state index contributed by atoms with van der Waals surface area (Å²) < 4.78 is 25.2. The maximum Gasteiger partial charge on any atom is 0.288 e. The number of anilines is 2. The van der Waals surface area contributed by atoms with Gasteiger partial charge >= 0.3 is 0 Å². The second-order valence-corrected chi connectivity index (χ2v) is 8.27. The Morgan fingerprint density at radius 3 is 2.55 bits per heavy atom. The highest BCUT2D eigenvalue weighted by Crippen LogP contribution is 2.31. The standard InChI is InChI=1S/C13H15F2N3OS3/c1-13(2,19)7-20-12-18-17-11(22-12)16-8-3-5-9(6-4-8)21-10(14)15/h3-6,10,19H,7H2,1-2H3,(H,16,17). The van der Waals surface area contributed by atoms with Gasteiger partial charge in [0.25, 0.3) is 5.76 Å². The van der Waals surface area contributed by atoms with Crippen LogP contribution in [0.3, 0.4) is 0 Å². The number of nitrogens with zero attached hydrogens (tertiary/aromatic N) is 2. The largest absolute Gasteiger partial charge is 0.390 e. The Balaban J connectivity index is 1.92. The summed E-state index contributed by atoms with van der Waals surface area (Å²) in [4.78, 5) is 0.513. The Morgan fingerprint density at radius 1 is 1.27 bits per heavy atom. The van der Waals surface area contributed by atoms with Crippen molar-refractivity contribution in [2.45, 2.75) is 34.4 Å². The molecule has 0 amide bonds. The Morgan fingerprint density at radius 2 is 1.95 bits per heavy atom. The molecule has 9 heteroatoms. The molecule has 0 saturated carbocycles. The normalized spacial score (nSPS) is 11.9. The zero-order valence-electron chi connectivity index (χ0n) is 11.9. The first kappa shape index (κ1) is 17.5. The van der Waals surface area contributed by atoms with Crippen molar-refractivity contribution in [3.8, 4) is 0 Å². The molecular formula is C13H15F2N3OS3. The predicted molar refractivity (Wildman–Crippen MR) is 88.5 cm³/mol. The molecular weight excluding hydrogens is 348 g/mol. The van der Waals surface area contributed by atoms with Crippen LogP contribution in [0.2, 0.25) is 0 Å². The smallest absolute Gasteiger partial charge is 0.288 e. The molecule has 2 aromatic rings. The van der Waals surface area contributed by atoms with Crippen molar-refractivity contribution in [1.29, 1.82) is 0 Å². The van der Waals surface area contributed by atoms with Gasteiger partial charge in [-0.15, -0.1) is 10.2 Å². The van der Waals surface area contributed by atoms with Gasteiger partial charge in [-0.1, -0.05) is 34.9 Å². The molecule has 1 aromatic carbocycles. The summed E-state index contributed by atoms with van der Waals surface area (Å²) in [7, 11) is 0. The van der Waals surface area contributed by atoms with E-state index in [1.54, 1.807) is 38.1 Å². The molecule has 0 bridgehead atoms. The topological polar surface area (TPSA) is 58.0 Å². The Labute approximate surface area is 139 Å². The number of benzene rings is 1. The minimum Gasteiger partial charge on any atom is -0.390 e. The molecule has 0 radical (unpaired) electrons. The average Bonchev–Trinajstić information content (AvgIpc) is 2.85. The highest BCUT2D eigenvalue weighted by molar-refractivity contribution is 8.01. The molecule has 120 valence electrons. The fourth-order valence-corrected chi connectivity index (χ4v) is 3.62. The van der Waals surface area contributed by atoms with Gasteiger partial charge in [0.05, 0.1) is 5.60 Å². The molecule has 0 aliphatic carbocycles. The lowest BCUT2D eigenvalue weighted by Crippen LogP contribution is -2.21. The molecule has 0 unspecified atom stereocenters. The van der Waals surface area contributed by atoms with E-state index in [2.05, 4.69) is 15.5 Å². The third-order valence-corrected chi connectivity index (χ3v) is 5.42. The molecule has 2 rings (SSSR count). The number of alkyl halides is 2. The average molecular weight is 363 g/mol. The van der Waals surface area contributed by atoms with Crippen LogP contribution >= 0.6 is 34.9 Å². The van der Waals surface area contributed by atoms with Crippen molar-refractivity contribution in [3.05, 3.63) is 24.3 Å². The van der Waals surface area contributed by atoms with E-state index in [0.717, 1.165) is 10.0 Å². The van der Waals surface area contributed by atoms with Gasteiger partial charge in [0.1, 0.15) is 0 Å². The van der Waals surface area contributed by atoms with Gasteiger partial charge in [0.15, 0.2) is 4.34 Å². The van der Waals surface area contributed by atoms with Crippen LogP contribution in [0, 0.1) is 0 Å². The van der Waals surface area contributed by atoms with Gasteiger partial charge in [-0.2, -0.15) is 8.78 Å². The maximum atomic E-state index is 12.2. The van der Waals surface area contributed by atoms with E-state index in [-0.39, 0.29) is 0 Å². The van der Waals surface area contributed by atoms with Crippen molar-refractivity contribution in [1.82, 2.24) is 10.2 Å². The van der Waals surface area contributed by atoms with Gasteiger partial charge in [0, 0.05) is 16.3 Å². The molecule has 1 heterocycles. The van der Waals surface area contributed by atoms with Crippen LogP contribution in [0.5, 0.6) is 0 Å². The van der Waals surface area contributed by atoms with Gasteiger partial charge in [-0.3, -0.25) is 0 Å². The first-order valence-corrected chi connectivity index (χ1v) is 9.00. The van der Waals surface area contributed by atoms with Crippen LogP contribution in [-0.2, 0) is 0 Å². The molecule has 22 heavy (non-hydrogen) atoms. The van der Waals surface area contributed by atoms with Crippen molar-refractivity contribution in [3.63, 3.8) is 0 Å². The van der Waals surface area contributed by atoms with Crippen molar-refractivity contribution in [2.75, 3.05) is 11.1 Å². The first-order chi connectivity index (χ1) is 10.3. The summed E-state index contributed by atoms with van der Waals surface area (Å²) in [6.45, 7) is 3.47. The molecule has 0 atom stereocenters. The number of aliphatic hydroxyl groups is 1. The van der Waals surface area contributed by atoms with Crippen molar-refractivity contribution in [2.24, 2.45) is 0 Å². The summed E-state index contributed by atoms with van der Waals surface area (Å²) in [6.07, 6.45) is 0. The molecule has 0 saturated heterocycles. The van der Waals surface area contributed by atoms with E-state index in [9.17, 15) is 13.9 Å². The lowest BCUT2D eigenvalue weighted by molar-refractivity contribution is 0.107. The summed E-state index contributed by atoms with van der Waals surface area (Å²) in [5, 5.41) is 21.4. The van der Waals surface area contributed by atoms with Crippen LogP contribution in [0.1, 0.15) is 13.8 Å². The first-order valence-electron chi connectivity index (χ1n) is 6.32. The fourth-order valence-electron chi connectivity index (χ4n) is 1.40. The lowest BCUT2D eigenvalue weighted by atomic mass is 10.2. The number of halogens is 2. The number of thioether (sulfide) groups is 2. The van der Waals surface area contributed by atoms with E-state index < -0.39 is 11.4 Å². The van der Waals surface area contributed by atoms with E-state index in [1.807, 2.05) is 0 Å². The molecule has 0 fully saturated rings. The molecule has 2 N–H and O–H groups in total. The number of rotatable bonds is 7. The maximum absolute atomic E-state index is 12.2. The zero-order chi connectivity index (χ0) is 16.2. The van der Waals surface area contributed by atoms with Crippen LogP contribution in [-0.4, -0.2) is 32.4 Å². The van der Waals surface area contributed by atoms with Gasteiger partial charge in [0.2, 0.25) is 5.13 Å². The zero-order valence-corrected chi connectivity index (χ0v) is 14.4. The summed E-state index contributed by atoms with van der Waals surface area (Å²) in [5.41, 5.74) is -0.00363. The minimum absolute atomic E-state index is 0.513. The summed E-state index contributed by atoms with van der Waals surface area (Å²) >= 11 is 3.33. The lowest BCUT2D eigenvalue weighted by Gasteiger charge is -2.14. The Hall–Kier alpha value is -0.900. The van der Waals surface area contributed by atoms with E-state index in [1.165, 1.54) is 23.1 Å². The van der Waals surface area contributed by atoms with Crippen molar-refractivity contribution < 1.29 is 13.9 Å². The third kappa shape index (κ3) is 6.07. The number of hydrogen-bond donors (Lipinski definition) is 2. The van der Waals surface area contributed by atoms with Crippen molar-refractivity contribution >= 4 is 45.7 Å². The molecule has 1 aromatic heterocycles. The summed E-state index contributed by atoms with van der Waals surface area (Å²) in [5.74, 6) is -1.89. The van der Waals surface area contributed by atoms with Crippen LogP contribution < -0.4 is 5.32 Å². The van der Waals surface area contributed by atoms with E-state index >= 15 is 0 Å². The molecule has 0 aliphatic rings. The number of aromatic nitrogens is 2. The van der Waals surface area contributed by atoms with E-state index in [4.69, 9.17) is 0 Å². The fraction of sp³-hybridized carbons (Fsp3) is 0.385. The quantitative estimate of drug-likeness (QED) is 0.709. The highest BCUT2D eigenvalue weighted by atomic mass is 32.2. The third-order valence-electron chi connectivity index (χ3n) is 2.29. The van der Waals surface area contributed by atoms with Crippen LogP contribution in [0.25, 0.3) is 0 Å². The van der Waals surface area contributed by atoms with Gasteiger partial charge < -0.3 is 10.4 Å². The number of nitrogens with one attached hydrogen (secondary N) is 1. The second kappa shape index (κ2) is 7.58. The van der Waals surface area contributed by atoms with Gasteiger partial charge in [-0.05, 0) is 38.1 Å². The predicted octanol–water partition coefficient (Wildman–Crippen LogP) is 4.46. The van der Waals surface area contributed by atoms with Gasteiger partial charge in [-0.25, -0.2) is 0 Å². The highest BCUT2D eigenvalue weighted by Gasteiger charge is 2.15. The second-order valence-electron chi connectivity index (χ2n) is 5.00. The molecule has 0 spiro atoms. The molecule has 0 aliphatic heterocycles. The Bertz CT molecular complexity index is 599. The van der Waals surface area contributed by atoms with Crippen LogP contribution in [0.4, 0.5) is 19.6 Å². The summed E-state index contributed by atoms with van der Waals surface area (Å²) in [6, 6.07) is 6.69. The minimum atomic E-state index is -2.42. The Kier molecular flexibility index (Phi) is 6.01. The van der Waals surface area contributed by atoms with E-state index in [0.29, 0.717) is 27.5 Å². The van der Waals surface area contributed by atoms with Crippen LogP contribution in [0.15, 0.2) is 33.5 Å². The monoisotopic (exact) mass is 363 g/mol. The molecule has 4 nitrogen and oxygen atoms in total. The number of hydrogen-bond acceptors (Lipinski definition) is 7. The SMILES string of the molecule is CC(C)(O)CSc1nnc(Nc2ccc(SC(F)F)cc2)s1.